The van der Waals surface area contributed by atoms with Crippen LogP contribution in [-0.4, -0.2) is 23.0 Å². The van der Waals surface area contributed by atoms with Gasteiger partial charge in [-0.25, -0.2) is 9.97 Å². The van der Waals surface area contributed by atoms with Crippen LogP contribution < -0.4 is 10.1 Å². The van der Waals surface area contributed by atoms with Crippen molar-refractivity contribution in [2.75, 3.05) is 7.11 Å². The Bertz CT molecular complexity index is 892. The number of methoxy groups -OCH3 is 1. The number of carbonyl (C=O) groups is 1. The molecule has 0 fully saturated rings. The first-order valence-corrected chi connectivity index (χ1v) is 8.41. The molecular weight excluding hydrogens is 326 g/mol. The third-order valence-corrected chi connectivity index (χ3v) is 4.02. The smallest absolute Gasteiger partial charge is 0.224 e. The van der Waals surface area contributed by atoms with Crippen LogP contribution in [0.1, 0.15) is 16.8 Å². The van der Waals surface area contributed by atoms with E-state index in [2.05, 4.69) is 15.3 Å². The summed E-state index contributed by atoms with van der Waals surface area (Å²) in [5, 5.41) is 2.91. The van der Waals surface area contributed by atoms with E-state index in [-0.39, 0.29) is 5.91 Å². The molecule has 132 valence electrons. The molecule has 0 saturated carbocycles. The Kier molecular flexibility index (Phi) is 5.59. The standard InChI is InChI=1S/C21H21N3O2/c1-15-4-3-5-16(10-15)11-21(25)22-13-18-12-20(24-14-23-18)17-6-8-19(26-2)9-7-17/h3-10,12,14H,11,13H2,1-2H3,(H,22,25). The first kappa shape index (κ1) is 17.6. The van der Waals surface area contributed by atoms with E-state index in [1.54, 1.807) is 7.11 Å². The van der Waals surface area contributed by atoms with Gasteiger partial charge in [0.05, 0.1) is 31.5 Å². The summed E-state index contributed by atoms with van der Waals surface area (Å²) in [6.07, 6.45) is 1.87. The fourth-order valence-corrected chi connectivity index (χ4v) is 2.67. The van der Waals surface area contributed by atoms with Gasteiger partial charge in [-0.15, -0.1) is 0 Å². The molecule has 1 amide bonds. The Morgan fingerprint density at radius 1 is 1.08 bits per heavy atom. The summed E-state index contributed by atoms with van der Waals surface area (Å²) in [6, 6.07) is 17.5. The van der Waals surface area contributed by atoms with E-state index < -0.39 is 0 Å². The van der Waals surface area contributed by atoms with Crippen LogP contribution >= 0.6 is 0 Å². The average molecular weight is 347 g/mol. The predicted octanol–water partition coefficient (Wildman–Crippen LogP) is 3.32. The van der Waals surface area contributed by atoms with Crippen LogP contribution in [-0.2, 0) is 17.8 Å². The summed E-state index contributed by atoms with van der Waals surface area (Å²) in [4.78, 5) is 20.7. The fourth-order valence-electron chi connectivity index (χ4n) is 2.67. The minimum Gasteiger partial charge on any atom is -0.497 e. The fraction of sp³-hybridized carbons (Fsp3) is 0.190. The number of hydrogen-bond acceptors (Lipinski definition) is 4. The summed E-state index contributed by atoms with van der Waals surface area (Å²) in [5.41, 5.74) is 4.70. The van der Waals surface area contributed by atoms with Gasteiger partial charge in [-0.05, 0) is 42.8 Å². The van der Waals surface area contributed by atoms with Crippen LogP contribution in [0.25, 0.3) is 11.3 Å². The number of rotatable bonds is 6. The quantitative estimate of drug-likeness (QED) is 0.743. The molecule has 0 unspecified atom stereocenters. The van der Waals surface area contributed by atoms with E-state index in [0.29, 0.717) is 13.0 Å². The van der Waals surface area contributed by atoms with Gasteiger partial charge in [0.1, 0.15) is 12.1 Å². The summed E-state index contributed by atoms with van der Waals surface area (Å²) < 4.78 is 5.17. The van der Waals surface area contributed by atoms with E-state index >= 15 is 0 Å². The Morgan fingerprint density at radius 3 is 2.62 bits per heavy atom. The molecule has 0 atom stereocenters. The van der Waals surface area contributed by atoms with E-state index in [1.165, 1.54) is 6.33 Å². The molecular formula is C21H21N3O2. The van der Waals surface area contributed by atoms with Crippen LogP contribution in [0.5, 0.6) is 5.75 Å². The van der Waals surface area contributed by atoms with Crippen LogP contribution in [0.2, 0.25) is 0 Å². The van der Waals surface area contributed by atoms with Crippen molar-refractivity contribution in [3.05, 3.63) is 77.7 Å². The van der Waals surface area contributed by atoms with Crippen molar-refractivity contribution in [1.82, 2.24) is 15.3 Å². The van der Waals surface area contributed by atoms with Gasteiger partial charge in [0.25, 0.3) is 0 Å². The van der Waals surface area contributed by atoms with Crippen molar-refractivity contribution in [3.63, 3.8) is 0 Å². The lowest BCUT2D eigenvalue weighted by molar-refractivity contribution is -0.120. The van der Waals surface area contributed by atoms with Gasteiger partial charge in [-0.1, -0.05) is 29.8 Å². The Balaban J connectivity index is 1.62. The summed E-state index contributed by atoms with van der Waals surface area (Å²) >= 11 is 0. The van der Waals surface area contributed by atoms with Crippen LogP contribution in [0, 0.1) is 6.92 Å². The highest BCUT2D eigenvalue weighted by Gasteiger charge is 2.06. The van der Waals surface area contributed by atoms with Gasteiger partial charge in [0, 0.05) is 5.56 Å². The highest BCUT2D eigenvalue weighted by Crippen LogP contribution is 2.20. The second-order valence-corrected chi connectivity index (χ2v) is 6.07. The molecule has 1 N–H and O–H groups in total. The highest BCUT2D eigenvalue weighted by atomic mass is 16.5. The molecule has 0 bridgehead atoms. The van der Waals surface area contributed by atoms with Crippen molar-refractivity contribution in [3.8, 4) is 17.0 Å². The number of hydrogen-bond donors (Lipinski definition) is 1. The van der Waals surface area contributed by atoms with Gasteiger partial charge in [0.15, 0.2) is 0 Å². The van der Waals surface area contributed by atoms with Gasteiger partial charge in [0.2, 0.25) is 5.91 Å². The summed E-state index contributed by atoms with van der Waals surface area (Å²) in [7, 11) is 1.64. The monoisotopic (exact) mass is 347 g/mol. The van der Waals surface area contributed by atoms with E-state index in [0.717, 1.165) is 33.8 Å². The minimum absolute atomic E-state index is 0.0276. The molecule has 5 nitrogen and oxygen atoms in total. The zero-order chi connectivity index (χ0) is 18.4. The maximum absolute atomic E-state index is 12.2. The van der Waals surface area contributed by atoms with Gasteiger partial charge < -0.3 is 10.1 Å². The number of benzene rings is 2. The minimum atomic E-state index is -0.0276. The number of carbonyl (C=O) groups excluding carboxylic acids is 1. The summed E-state index contributed by atoms with van der Waals surface area (Å²) in [5.74, 6) is 0.770. The largest absolute Gasteiger partial charge is 0.497 e. The Morgan fingerprint density at radius 2 is 1.88 bits per heavy atom. The molecule has 0 aliphatic heterocycles. The third kappa shape index (κ3) is 4.66. The first-order valence-electron chi connectivity index (χ1n) is 8.41. The SMILES string of the molecule is COc1ccc(-c2cc(CNC(=O)Cc3cccc(C)c3)ncn2)cc1. The maximum atomic E-state index is 12.2. The molecule has 1 heterocycles. The topological polar surface area (TPSA) is 64.1 Å². The maximum Gasteiger partial charge on any atom is 0.224 e. The molecule has 0 aliphatic carbocycles. The summed E-state index contributed by atoms with van der Waals surface area (Å²) in [6.45, 7) is 2.39. The third-order valence-electron chi connectivity index (χ3n) is 4.02. The van der Waals surface area contributed by atoms with Crippen molar-refractivity contribution in [2.45, 2.75) is 19.9 Å². The molecule has 2 aromatic carbocycles. The zero-order valence-corrected chi connectivity index (χ0v) is 14.9. The van der Waals surface area contributed by atoms with Crippen molar-refractivity contribution in [2.24, 2.45) is 0 Å². The number of aromatic nitrogens is 2. The molecule has 0 saturated heterocycles. The lowest BCUT2D eigenvalue weighted by atomic mass is 10.1. The Labute approximate surface area is 153 Å². The Hall–Kier alpha value is -3.21. The molecule has 3 rings (SSSR count). The molecule has 1 aromatic heterocycles. The molecule has 0 radical (unpaired) electrons. The van der Waals surface area contributed by atoms with Crippen molar-refractivity contribution in [1.29, 1.82) is 0 Å². The molecule has 3 aromatic rings. The van der Waals surface area contributed by atoms with Gasteiger partial charge >= 0.3 is 0 Å². The van der Waals surface area contributed by atoms with Gasteiger partial charge in [-0.2, -0.15) is 0 Å². The molecule has 0 spiro atoms. The lowest BCUT2D eigenvalue weighted by Crippen LogP contribution is -2.25. The van der Waals surface area contributed by atoms with E-state index in [4.69, 9.17) is 4.74 Å². The van der Waals surface area contributed by atoms with Crippen LogP contribution in [0.3, 0.4) is 0 Å². The van der Waals surface area contributed by atoms with E-state index in [1.807, 2.05) is 61.5 Å². The second kappa shape index (κ2) is 8.25. The molecule has 26 heavy (non-hydrogen) atoms. The van der Waals surface area contributed by atoms with E-state index in [9.17, 15) is 4.79 Å². The van der Waals surface area contributed by atoms with Crippen molar-refractivity contribution >= 4 is 5.91 Å². The van der Waals surface area contributed by atoms with Gasteiger partial charge in [-0.3, -0.25) is 4.79 Å². The molecule has 5 heteroatoms. The predicted molar refractivity (Wildman–Crippen MR) is 101 cm³/mol. The average Bonchev–Trinajstić information content (AvgIpc) is 2.67. The van der Waals surface area contributed by atoms with Crippen molar-refractivity contribution < 1.29 is 9.53 Å². The lowest BCUT2D eigenvalue weighted by Gasteiger charge is -2.07. The first-order chi connectivity index (χ1) is 12.6. The number of nitrogens with zero attached hydrogens (tertiary/aromatic N) is 2. The number of nitrogens with one attached hydrogen (secondary N) is 1. The number of aryl methyl sites for hydroxylation is 1. The second-order valence-electron chi connectivity index (χ2n) is 6.07. The normalized spacial score (nSPS) is 10.4. The van der Waals surface area contributed by atoms with Crippen LogP contribution in [0.15, 0.2) is 60.9 Å². The number of amides is 1. The number of ether oxygens (including phenoxy) is 1. The highest BCUT2D eigenvalue weighted by molar-refractivity contribution is 5.78. The van der Waals surface area contributed by atoms with Crippen LogP contribution in [0.4, 0.5) is 0 Å². The zero-order valence-electron chi connectivity index (χ0n) is 14.9. The molecule has 0 aliphatic rings.